The van der Waals surface area contributed by atoms with Crippen molar-refractivity contribution in [3.8, 4) is 0 Å². The predicted octanol–water partition coefficient (Wildman–Crippen LogP) is 5.27. The van der Waals surface area contributed by atoms with E-state index < -0.39 is 11.6 Å². The normalized spacial score (nSPS) is 14.4. The summed E-state index contributed by atoms with van der Waals surface area (Å²) in [6.45, 7) is 4.22. The van der Waals surface area contributed by atoms with Crippen molar-refractivity contribution in [1.29, 1.82) is 0 Å². The molecule has 2 aromatic carbocycles. The minimum absolute atomic E-state index is 0.0759. The van der Waals surface area contributed by atoms with E-state index in [2.05, 4.69) is 0 Å². The number of hydrogen-bond acceptors (Lipinski definition) is 5. The van der Waals surface area contributed by atoms with Crippen molar-refractivity contribution in [3.05, 3.63) is 66.2 Å². The van der Waals surface area contributed by atoms with Crippen LogP contribution in [0, 0.1) is 5.92 Å². The maximum Gasteiger partial charge on any atom is 0.339 e. The van der Waals surface area contributed by atoms with Gasteiger partial charge in [-0.25, -0.2) is 4.79 Å². The van der Waals surface area contributed by atoms with Crippen molar-refractivity contribution < 1.29 is 18.8 Å². The van der Waals surface area contributed by atoms with E-state index in [-0.39, 0.29) is 27.1 Å². The lowest BCUT2D eigenvalue weighted by molar-refractivity contribution is -0.175. The van der Waals surface area contributed by atoms with E-state index in [9.17, 15) is 9.36 Å². The van der Waals surface area contributed by atoms with Crippen LogP contribution in [0.25, 0.3) is 0 Å². The molecule has 0 aromatic heterocycles. The van der Waals surface area contributed by atoms with Crippen LogP contribution in [0.2, 0.25) is 0 Å². The Morgan fingerprint density at radius 3 is 2.25 bits per heavy atom. The zero-order chi connectivity index (χ0) is 20.2. The molecular weight excluding hydrogens is 391 g/mol. The SMILES string of the molecule is CCOC(=O)C(CP=O)(OCC)C(CSc1ccccc1)Cc1ccccc1. The molecule has 150 valence electrons. The molecule has 0 bridgehead atoms. The van der Waals surface area contributed by atoms with Gasteiger partial charge in [-0.2, -0.15) is 0 Å². The zero-order valence-electron chi connectivity index (χ0n) is 16.4. The van der Waals surface area contributed by atoms with Crippen LogP contribution in [0.4, 0.5) is 0 Å². The van der Waals surface area contributed by atoms with Crippen molar-refractivity contribution in [2.24, 2.45) is 5.92 Å². The van der Waals surface area contributed by atoms with Crippen LogP contribution in [0.3, 0.4) is 0 Å². The molecule has 0 radical (unpaired) electrons. The lowest BCUT2D eigenvalue weighted by Crippen LogP contribution is -2.53. The summed E-state index contributed by atoms with van der Waals surface area (Å²) in [6.07, 6.45) is 0.710. The van der Waals surface area contributed by atoms with Crippen LogP contribution < -0.4 is 0 Å². The first-order chi connectivity index (χ1) is 13.7. The van der Waals surface area contributed by atoms with E-state index >= 15 is 0 Å². The van der Waals surface area contributed by atoms with E-state index in [1.54, 1.807) is 18.7 Å². The van der Waals surface area contributed by atoms with Gasteiger partial charge in [0.25, 0.3) is 0 Å². The highest BCUT2D eigenvalue weighted by atomic mass is 32.2. The molecule has 4 nitrogen and oxygen atoms in total. The Balaban J connectivity index is 2.37. The summed E-state index contributed by atoms with van der Waals surface area (Å²) in [5.74, 6) is 0.0168. The van der Waals surface area contributed by atoms with Gasteiger partial charge in [-0.15, -0.1) is 11.8 Å². The number of ether oxygens (including phenoxy) is 2. The first-order valence-electron chi connectivity index (χ1n) is 9.48. The van der Waals surface area contributed by atoms with Crippen molar-refractivity contribution in [1.82, 2.24) is 0 Å². The largest absolute Gasteiger partial charge is 0.464 e. The second kappa shape index (κ2) is 12.0. The molecule has 2 atom stereocenters. The van der Waals surface area contributed by atoms with Crippen LogP contribution >= 0.6 is 20.2 Å². The van der Waals surface area contributed by atoms with E-state index in [4.69, 9.17) is 9.47 Å². The maximum atomic E-state index is 13.0. The first kappa shape index (κ1) is 22.6. The second-order valence-electron chi connectivity index (χ2n) is 6.34. The van der Waals surface area contributed by atoms with Gasteiger partial charge in [-0.1, -0.05) is 48.5 Å². The van der Waals surface area contributed by atoms with Crippen LogP contribution in [0.15, 0.2) is 65.6 Å². The number of thioether (sulfide) groups is 1. The van der Waals surface area contributed by atoms with Gasteiger partial charge >= 0.3 is 5.97 Å². The van der Waals surface area contributed by atoms with Gasteiger partial charge in [0.2, 0.25) is 0 Å². The Morgan fingerprint density at radius 2 is 1.68 bits per heavy atom. The fourth-order valence-electron chi connectivity index (χ4n) is 3.16. The van der Waals surface area contributed by atoms with Crippen molar-refractivity contribution in [2.45, 2.75) is 30.8 Å². The highest BCUT2D eigenvalue weighted by Gasteiger charge is 2.48. The summed E-state index contributed by atoms with van der Waals surface area (Å²) in [6, 6.07) is 20.1. The molecule has 6 heteroatoms. The maximum absolute atomic E-state index is 13.0. The molecule has 2 unspecified atom stereocenters. The van der Waals surface area contributed by atoms with Gasteiger partial charge < -0.3 is 9.47 Å². The Bertz CT molecular complexity index is 726. The van der Waals surface area contributed by atoms with E-state index in [1.165, 1.54) is 0 Å². The number of carbonyl (C=O) groups is 1. The first-order valence-corrected chi connectivity index (χ1v) is 11.5. The molecule has 2 rings (SSSR count). The second-order valence-corrected chi connectivity index (χ2v) is 8.01. The summed E-state index contributed by atoms with van der Waals surface area (Å²) in [7, 11) is -0.133. The van der Waals surface area contributed by atoms with Gasteiger partial charge in [0.15, 0.2) is 14.1 Å². The van der Waals surface area contributed by atoms with Gasteiger partial charge in [0, 0.05) is 23.2 Å². The number of hydrogen-bond donors (Lipinski definition) is 0. The molecule has 0 fully saturated rings. The summed E-state index contributed by atoms with van der Waals surface area (Å²) >= 11 is 1.67. The molecule has 0 amide bonds. The number of esters is 1. The molecule has 28 heavy (non-hydrogen) atoms. The van der Waals surface area contributed by atoms with Gasteiger partial charge in [0.05, 0.1) is 12.8 Å². The molecule has 0 N–H and O–H groups in total. The minimum atomic E-state index is -1.24. The van der Waals surface area contributed by atoms with Crippen LogP contribution in [0.5, 0.6) is 0 Å². The Morgan fingerprint density at radius 1 is 1.04 bits per heavy atom. The molecule has 0 aliphatic rings. The number of benzene rings is 2. The molecular formula is C22H27O4PS. The Labute approximate surface area is 173 Å². The molecule has 0 aliphatic heterocycles. The van der Waals surface area contributed by atoms with E-state index in [1.807, 2.05) is 67.6 Å². The van der Waals surface area contributed by atoms with E-state index in [0.717, 1.165) is 10.5 Å². The van der Waals surface area contributed by atoms with Gasteiger partial charge in [-0.05, 0) is 38.0 Å². The lowest BCUT2D eigenvalue weighted by atomic mass is 9.84. The highest BCUT2D eigenvalue weighted by Crippen LogP contribution is 2.35. The topological polar surface area (TPSA) is 52.6 Å². The van der Waals surface area contributed by atoms with Crippen molar-refractivity contribution in [2.75, 3.05) is 25.1 Å². The van der Waals surface area contributed by atoms with E-state index in [0.29, 0.717) is 18.8 Å². The molecule has 0 aliphatic carbocycles. The third kappa shape index (κ3) is 6.16. The van der Waals surface area contributed by atoms with Crippen LogP contribution in [0.1, 0.15) is 19.4 Å². The smallest absolute Gasteiger partial charge is 0.339 e. The average Bonchev–Trinajstić information content (AvgIpc) is 2.72. The lowest BCUT2D eigenvalue weighted by Gasteiger charge is -2.37. The summed E-state index contributed by atoms with van der Waals surface area (Å²) in [5.41, 5.74) is -0.136. The van der Waals surface area contributed by atoms with Gasteiger partial charge in [-0.3, -0.25) is 4.57 Å². The standard InChI is InChI=1S/C22H27O4PS/c1-3-25-21(23)22(17-27-24,26-4-2)19(15-18-11-7-5-8-12-18)16-28-20-13-9-6-10-14-20/h5-14,19H,3-4,15-17H2,1-2H3. The monoisotopic (exact) mass is 418 g/mol. The molecule has 0 heterocycles. The number of rotatable bonds is 12. The zero-order valence-corrected chi connectivity index (χ0v) is 18.1. The number of carbonyl (C=O) groups excluding carboxylic acids is 1. The highest BCUT2D eigenvalue weighted by molar-refractivity contribution is 7.99. The molecule has 0 saturated carbocycles. The molecule has 0 saturated heterocycles. The third-order valence-corrected chi connectivity index (χ3v) is 6.27. The Kier molecular flexibility index (Phi) is 9.69. The van der Waals surface area contributed by atoms with Crippen LogP contribution in [-0.4, -0.2) is 36.7 Å². The molecule has 0 spiro atoms. The van der Waals surface area contributed by atoms with Gasteiger partial charge in [0.1, 0.15) is 0 Å². The third-order valence-electron chi connectivity index (χ3n) is 4.50. The predicted molar refractivity (Wildman–Crippen MR) is 114 cm³/mol. The molecule has 2 aromatic rings. The fraction of sp³-hybridized carbons (Fsp3) is 0.409. The fourth-order valence-corrected chi connectivity index (χ4v) is 4.96. The van der Waals surface area contributed by atoms with Crippen molar-refractivity contribution in [3.63, 3.8) is 0 Å². The average molecular weight is 418 g/mol. The Hall–Kier alpha value is -1.68. The van der Waals surface area contributed by atoms with Crippen molar-refractivity contribution >= 4 is 26.2 Å². The minimum Gasteiger partial charge on any atom is -0.464 e. The summed E-state index contributed by atoms with van der Waals surface area (Å²) < 4.78 is 23.0. The summed E-state index contributed by atoms with van der Waals surface area (Å²) in [5, 5.41) is 0. The quantitative estimate of drug-likeness (QED) is 0.267. The van der Waals surface area contributed by atoms with Crippen LogP contribution in [-0.2, 0) is 25.3 Å². The summed E-state index contributed by atoms with van der Waals surface area (Å²) in [4.78, 5) is 14.1.